The van der Waals surface area contributed by atoms with Crippen molar-refractivity contribution in [2.45, 2.75) is 23.3 Å². The van der Waals surface area contributed by atoms with Crippen LogP contribution >= 0.6 is 47.0 Å². The average Bonchev–Trinajstić information content (AvgIpc) is 2.72. The van der Waals surface area contributed by atoms with Gasteiger partial charge >= 0.3 is 0 Å². The van der Waals surface area contributed by atoms with Crippen LogP contribution in [-0.2, 0) is 11.2 Å². The molecule has 0 aliphatic rings. The molecule has 0 aliphatic carbocycles. The van der Waals surface area contributed by atoms with Gasteiger partial charge < -0.3 is 25.4 Å². The summed E-state index contributed by atoms with van der Waals surface area (Å²) in [7, 11) is 1.54. The quantitative estimate of drug-likeness (QED) is 0.289. The van der Waals surface area contributed by atoms with Gasteiger partial charge in [0.05, 0.1) is 12.8 Å². The van der Waals surface area contributed by atoms with E-state index in [0.29, 0.717) is 17.2 Å². The van der Waals surface area contributed by atoms with Gasteiger partial charge in [-0.1, -0.05) is 66.0 Å². The Bertz CT molecular complexity index is 860. The zero-order valence-electron chi connectivity index (χ0n) is 16.4. The van der Waals surface area contributed by atoms with Crippen molar-refractivity contribution < 1.29 is 14.3 Å². The van der Waals surface area contributed by atoms with Gasteiger partial charge in [-0.05, 0) is 48.5 Å². The second kappa shape index (κ2) is 11.5. The van der Waals surface area contributed by atoms with Gasteiger partial charge in [0, 0.05) is 0 Å². The first-order valence-corrected chi connectivity index (χ1v) is 10.6. The molecule has 0 aromatic heterocycles. The lowest BCUT2D eigenvalue weighted by atomic mass is 10.2. The molecule has 2 aromatic rings. The third-order valence-electron chi connectivity index (χ3n) is 3.96. The van der Waals surface area contributed by atoms with Crippen molar-refractivity contribution in [1.82, 2.24) is 10.6 Å². The smallest absolute Gasteiger partial charge is 0.259 e. The van der Waals surface area contributed by atoms with Crippen LogP contribution in [0.4, 0.5) is 5.69 Å². The SMILES string of the molecule is CCc1ccc(OCC(=O)N[C@@H](NC(=S)Nc2ccccc2OC)C(Cl)(Cl)Cl)cc1. The minimum Gasteiger partial charge on any atom is -0.495 e. The third kappa shape index (κ3) is 7.72. The molecule has 0 saturated carbocycles. The van der Waals surface area contributed by atoms with E-state index in [4.69, 9.17) is 56.5 Å². The number of ether oxygens (including phenoxy) is 2. The number of hydrogen-bond acceptors (Lipinski definition) is 4. The van der Waals surface area contributed by atoms with E-state index in [-0.39, 0.29) is 11.7 Å². The number of methoxy groups -OCH3 is 1. The fourth-order valence-corrected chi connectivity index (χ4v) is 2.97. The number of alkyl halides is 3. The predicted molar refractivity (Wildman–Crippen MR) is 126 cm³/mol. The summed E-state index contributed by atoms with van der Waals surface area (Å²) in [5.74, 6) is 0.659. The van der Waals surface area contributed by atoms with Crippen molar-refractivity contribution >= 4 is 63.7 Å². The van der Waals surface area contributed by atoms with Gasteiger partial charge in [0.2, 0.25) is 3.79 Å². The number of nitrogens with one attached hydrogen (secondary N) is 3. The molecular weight excluding hydrogens is 469 g/mol. The zero-order chi connectivity index (χ0) is 22.1. The maximum absolute atomic E-state index is 12.3. The molecule has 0 bridgehead atoms. The molecule has 0 spiro atoms. The number of rotatable bonds is 8. The Morgan fingerprint density at radius 1 is 1.10 bits per heavy atom. The Labute approximate surface area is 196 Å². The highest BCUT2D eigenvalue weighted by Crippen LogP contribution is 2.29. The molecule has 30 heavy (non-hydrogen) atoms. The lowest BCUT2D eigenvalue weighted by Gasteiger charge is -2.28. The zero-order valence-corrected chi connectivity index (χ0v) is 19.5. The lowest BCUT2D eigenvalue weighted by Crippen LogP contribution is -2.57. The van der Waals surface area contributed by atoms with Crippen LogP contribution in [0.2, 0.25) is 0 Å². The number of halogens is 3. The molecule has 2 rings (SSSR count). The molecule has 3 N–H and O–H groups in total. The molecule has 0 unspecified atom stereocenters. The number of amides is 1. The molecule has 1 atom stereocenters. The highest BCUT2D eigenvalue weighted by atomic mass is 35.6. The van der Waals surface area contributed by atoms with Crippen LogP contribution in [0.15, 0.2) is 48.5 Å². The monoisotopic (exact) mass is 489 g/mol. The van der Waals surface area contributed by atoms with Crippen LogP contribution in [0, 0.1) is 0 Å². The summed E-state index contributed by atoms with van der Waals surface area (Å²) < 4.78 is 8.86. The summed E-state index contributed by atoms with van der Waals surface area (Å²) in [6.45, 7) is 1.80. The molecule has 2 aromatic carbocycles. The van der Waals surface area contributed by atoms with Crippen LogP contribution in [0.3, 0.4) is 0 Å². The van der Waals surface area contributed by atoms with Gasteiger partial charge in [-0.2, -0.15) is 0 Å². The van der Waals surface area contributed by atoms with Gasteiger partial charge in [-0.3, -0.25) is 4.79 Å². The van der Waals surface area contributed by atoms with Crippen molar-refractivity contribution in [3.63, 3.8) is 0 Å². The minimum atomic E-state index is -1.87. The lowest BCUT2D eigenvalue weighted by molar-refractivity contribution is -0.123. The van der Waals surface area contributed by atoms with E-state index < -0.39 is 15.9 Å². The summed E-state index contributed by atoms with van der Waals surface area (Å²) >= 11 is 23.3. The van der Waals surface area contributed by atoms with Crippen LogP contribution in [0.5, 0.6) is 11.5 Å². The molecule has 6 nitrogen and oxygen atoms in total. The Kier molecular flexibility index (Phi) is 9.30. The maximum Gasteiger partial charge on any atom is 0.259 e. The number of para-hydroxylation sites is 2. The molecule has 0 fully saturated rings. The number of carbonyl (C=O) groups excluding carboxylic acids is 1. The number of thiocarbonyl (C=S) groups is 1. The van der Waals surface area contributed by atoms with Crippen LogP contribution in [0.1, 0.15) is 12.5 Å². The summed E-state index contributed by atoms with van der Waals surface area (Å²) in [6, 6.07) is 14.6. The van der Waals surface area contributed by atoms with Crippen molar-refractivity contribution in [2.75, 3.05) is 19.0 Å². The molecule has 1 amide bonds. The maximum atomic E-state index is 12.3. The number of benzene rings is 2. The van der Waals surface area contributed by atoms with E-state index in [1.807, 2.05) is 24.3 Å². The molecule has 162 valence electrons. The molecule has 0 heterocycles. The summed E-state index contributed by atoms with van der Waals surface area (Å²) in [4.78, 5) is 12.3. The Hall–Kier alpha value is -1.93. The summed E-state index contributed by atoms with van der Waals surface area (Å²) in [6.07, 6.45) is -0.184. The van der Waals surface area contributed by atoms with Gasteiger partial charge in [0.25, 0.3) is 5.91 Å². The van der Waals surface area contributed by atoms with E-state index in [9.17, 15) is 4.79 Å². The highest BCUT2D eigenvalue weighted by molar-refractivity contribution is 7.80. The first kappa shape index (κ1) is 24.3. The number of carbonyl (C=O) groups is 1. The second-order valence-electron chi connectivity index (χ2n) is 6.13. The number of anilines is 1. The Morgan fingerprint density at radius 2 is 1.77 bits per heavy atom. The van der Waals surface area contributed by atoms with Gasteiger partial charge in [0.1, 0.15) is 17.7 Å². The summed E-state index contributed by atoms with van der Waals surface area (Å²) in [5.41, 5.74) is 1.79. The van der Waals surface area contributed by atoms with Crippen LogP contribution in [0.25, 0.3) is 0 Å². The van der Waals surface area contributed by atoms with Gasteiger partial charge in [0.15, 0.2) is 11.7 Å². The normalized spacial score (nSPS) is 11.9. The van der Waals surface area contributed by atoms with Crippen LogP contribution in [-0.4, -0.2) is 34.7 Å². The van der Waals surface area contributed by atoms with E-state index in [1.54, 1.807) is 24.3 Å². The van der Waals surface area contributed by atoms with E-state index in [1.165, 1.54) is 12.7 Å². The standard InChI is InChI=1S/C20H22Cl3N3O3S/c1-3-13-8-10-14(11-9-13)29-12-17(27)25-18(20(21,22)23)26-19(30)24-15-6-4-5-7-16(15)28-2/h4-11,18H,3,12H2,1-2H3,(H,25,27)(H2,24,26,30)/t18-/m0/s1. The number of hydrogen-bond donors (Lipinski definition) is 3. The molecule has 0 aliphatic heterocycles. The van der Waals surface area contributed by atoms with Crippen molar-refractivity contribution in [1.29, 1.82) is 0 Å². The Balaban J connectivity index is 1.94. The molecule has 0 saturated heterocycles. The third-order valence-corrected chi connectivity index (χ3v) is 4.84. The average molecular weight is 491 g/mol. The Morgan fingerprint density at radius 3 is 2.37 bits per heavy atom. The van der Waals surface area contributed by atoms with Crippen molar-refractivity contribution in [3.05, 3.63) is 54.1 Å². The first-order valence-electron chi connectivity index (χ1n) is 9.01. The van der Waals surface area contributed by atoms with E-state index in [0.717, 1.165) is 6.42 Å². The van der Waals surface area contributed by atoms with Crippen LogP contribution < -0.4 is 25.4 Å². The van der Waals surface area contributed by atoms with Gasteiger partial charge in [-0.25, -0.2) is 0 Å². The fourth-order valence-electron chi connectivity index (χ4n) is 2.41. The van der Waals surface area contributed by atoms with Crippen molar-refractivity contribution in [3.8, 4) is 11.5 Å². The highest BCUT2D eigenvalue weighted by Gasteiger charge is 2.34. The molecular formula is C20H22Cl3N3O3S. The van der Waals surface area contributed by atoms with Crippen molar-refractivity contribution in [2.24, 2.45) is 0 Å². The number of aryl methyl sites for hydroxylation is 1. The summed E-state index contributed by atoms with van der Waals surface area (Å²) in [5, 5.41) is 8.42. The minimum absolute atomic E-state index is 0.132. The fraction of sp³-hybridized carbons (Fsp3) is 0.300. The molecule has 10 heteroatoms. The largest absolute Gasteiger partial charge is 0.495 e. The topological polar surface area (TPSA) is 71.6 Å². The molecule has 0 radical (unpaired) electrons. The first-order chi connectivity index (χ1) is 14.2. The predicted octanol–water partition coefficient (Wildman–Crippen LogP) is 4.44. The second-order valence-corrected chi connectivity index (χ2v) is 8.90. The van der Waals surface area contributed by atoms with Gasteiger partial charge in [-0.15, -0.1) is 0 Å². The van der Waals surface area contributed by atoms with E-state index >= 15 is 0 Å². The van der Waals surface area contributed by atoms with E-state index in [2.05, 4.69) is 22.9 Å².